The molecule has 1 heterocycles. The minimum atomic E-state index is 0.519. The second kappa shape index (κ2) is 6.24. The SMILES string of the molecule is NOCCC1CCCCN1c1cccc(Cl)c1. The van der Waals surface area contributed by atoms with Gasteiger partial charge in [-0.2, -0.15) is 0 Å². The minimum absolute atomic E-state index is 0.519. The number of nitrogens with zero attached hydrogens (tertiary/aromatic N) is 1. The monoisotopic (exact) mass is 254 g/mol. The summed E-state index contributed by atoms with van der Waals surface area (Å²) in [7, 11) is 0. The molecule has 4 heteroatoms. The van der Waals surface area contributed by atoms with Crippen LogP contribution < -0.4 is 10.8 Å². The minimum Gasteiger partial charge on any atom is -0.368 e. The van der Waals surface area contributed by atoms with Crippen molar-refractivity contribution in [1.82, 2.24) is 0 Å². The number of halogens is 1. The zero-order valence-electron chi connectivity index (χ0n) is 9.94. The van der Waals surface area contributed by atoms with E-state index in [4.69, 9.17) is 22.3 Å². The Morgan fingerprint density at radius 1 is 1.41 bits per heavy atom. The molecular formula is C13H19ClN2O. The van der Waals surface area contributed by atoms with Gasteiger partial charge in [0, 0.05) is 23.3 Å². The van der Waals surface area contributed by atoms with Gasteiger partial charge in [0.2, 0.25) is 0 Å². The van der Waals surface area contributed by atoms with Gasteiger partial charge < -0.3 is 9.74 Å². The molecule has 3 nitrogen and oxygen atoms in total. The molecular weight excluding hydrogens is 236 g/mol. The highest BCUT2D eigenvalue weighted by Gasteiger charge is 2.22. The molecule has 0 bridgehead atoms. The van der Waals surface area contributed by atoms with E-state index in [1.807, 2.05) is 18.2 Å². The Morgan fingerprint density at radius 2 is 2.29 bits per heavy atom. The molecule has 1 aromatic carbocycles. The van der Waals surface area contributed by atoms with Gasteiger partial charge in [-0.25, -0.2) is 5.90 Å². The van der Waals surface area contributed by atoms with Crippen LogP contribution in [-0.2, 0) is 4.84 Å². The van der Waals surface area contributed by atoms with Crippen molar-refractivity contribution in [1.29, 1.82) is 0 Å². The number of hydrogen-bond donors (Lipinski definition) is 1. The van der Waals surface area contributed by atoms with Crippen molar-refractivity contribution < 1.29 is 4.84 Å². The first kappa shape index (κ1) is 12.7. The van der Waals surface area contributed by atoms with Gasteiger partial charge >= 0.3 is 0 Å². The summed E-state index contributed by atoms with van der Waals surface area (Å²) in [6, 6.07) is 8.58. The number of benzene rings is 1. The Labute approximate surface area is 107 Å². The summed E-state index contributed by atoms with van der Waals surface area (Å²) in [6.45, 7) is 1.71. The van der Waals surface area contributed by atoms with Crippen molar-refractivity contribution in [3.63, 3.8) is 0 Å². The number of nitrogens with two attached hydrogens (primary N) is 1. The molecule has 1 fully saturated rings. The summed E-state index contributed by atoms with van der Waals surface area (Å²) in [5.74, 6) is 5.11. The second-order valence-electron chi connectivity index (χ2n) is 4.48. The summed E-state index contributed by atoms with van der Waals surface area (Å²) in [6.07, 6.45) is 4.71. The molecule has 0 saturated carbocycles. The van der Waals surface area contributed by atoms with Gasteiger partial charge in [-0.15, -0.1) is 0 Å². The average Bonchev–Trinajstić information content (AvgIpc) is 2.37. The fourth-order valence-corrected chi connectivity index (χ4v) is 2.68. The van der Waals surface area contributed by atoms with Crippen LogP contribution in [0.1, 0.15) is 25.7 Å². The molecule has 0 spiro atoms. The van der Waals surface area contributed by atoms with Gasteiger partial charge in [-0.05, 0) is 43.9 Å². The summed E-state index contributed by atoms with van der Waals surface area (Å²) in [5.41, 5.74) is 1.21. The lowest BCUT2D eigenvalue weighted by Gasteiger charge is -2.37. The van der Waals surface area contributed by atoms with Crippen molar-refractivity contribution in [3.05, 3.63) is 29.3 Å². The molecule has 0 amide bonds. The maximum absolute atomic E-state index is 6.04. The van der Waals surface area contributed by atoms with Gasteiger partial charge in [0.05, 0.1) is 6.61 Å². The molecule has 0 aliphatic carbocycles. The van der Waals surface area contributed by atoms with E-state index in [0.717, 1.165) is 18.0 Å². The number of hydrogen-bond acceptors (Lipinski definition) is 3. The summed E-state index contributed by atoms with van der Waals surface area (Å²) in [5, 5.41) is 0.793. The second-order valence-corrected chi connectivity index (χ2v) is 4.92. The molecule has 0 radical (unpaired) electrons. The lowest BCUT2D eigenvalue weighted by molar-refractivity contribution is 0.127. The van der Waals surface area contributed by atoms with E-state index in [0.29, 0.717) is 12.6 Å². The molecule has 0 aromatic heterocycles. The molecule has 17 heavy (non-hydrogen) atoms. The van der Waals surface area contributed by atoms with Gasteiger partial charge in [0.25, 0.3) is 0 Å². The van der Waals surface area contributed by atoms with E-state index in [9.17, 15) is 0 Å². The van der Waals surface area contributed by atoms with Gasteiger partial charge in [0.15, 0.2) is 0 Å². The van der Waals surface area contributed by atoms with Crippen molar-refractivity contribution in [2.75, 3.05) is 18.1 Å². The third-order valence-corrected chi connectivity index (χ3v) is 3.57. The van der Waals surface area contributed by atoms with E-state index in [-0.39, 0.29) is 0 Å². The van der Waals surface area contributed by atoms with Crippen molar-refractivity contribution >= 4 is 17.3 Å². The van der Waals surface area contributed by atoms with E-state index in [2.05, 4.69) is 11.0 Å². The van der Waals surface area contributed by atoms with Crippen LogP contribution in [0.15, 0.2) is 24.3 Å². The highest BCUT2D eigenvalue weighted by atomic mass is 35.5. The van der Waals surface area contributed by atoms with Gasteiger partial charge in [0.1, 0.15) is 0 Å². The van der Waals surface area contributed by atoms with Gasteiger partial charge in [-0.1, -0.05) is 17.7 Å². The summed E-state index contributed by atoms with van der Waals surface area (Å²) < 4.78 is 0. The van der Waals surface area contributed by atoms with Crippen LogP contribution >= 0.6 is 11.6 Å². The lowest BCUT2D eigenvalue weighted by atomic mass is 9.99. The number of piperidine rings is 1. The lowest BCUT2D eigenvalue weighted by Crippen LogP contribution is -2.40. The molecule has 1 aliphatic heterocycles. The van der Waals surface area contributed by atoms with Crippen LogP contribution in [0, 0.1) is 0 Å². The summed E-state index contributed by atoms with van der Waals surface area (Å²) in [4.78, 5) is 7.12. The Kier molecular flexibility index (Phi) is 4.66. The van der Waals surface area contributed by atoms with Crippen molar-refractivity contribution in [2.24, 2.45) is 5.90 Å². The normalized spacial score (nSPS) is 20.6. The zero-order valence-corrected chi connectivity index (χ0v) is 10.7. The Bertz CT molecular complexity index is 359. The van der Waals surface area contributed by atoms with E-state index >= 15 is 0 Å². The Balaban J connectivity index is 2.10. The molecule has 1 unspecified atom stereocenters. The highest BCUT2D eigenvalue weighted by Crippen LogP contribution is 2.28. The molecule has 1 atom stereocenters. The Morgan fingerprint density at radius 3 is 3.06 bits per heavy atom. The zero-order chi connectivity index (χ0) is 12.1. The third kappa shape index (κ3) is 3.35. The first-order chi connectivity index (χ1) is 8.31. The predicted octanol–water partition coefficient (Wildman–Crippen LogP) is 2.98. The fraction of sp³-hybridized carbons (Fsp3) is 0.538. The topological polar surface area (TPSA) is 38.5 Å². The predicted molar refractivity (Wildman–Crippen MR) is 71.2 cm³/mol. The van der Waals surface area contributed by atoms with Gasteiger partial charge in [-0.3, -0.25) is 0 Å². The molecule has 1 aliphatic rings. The highest BCUT2D eigenvalue weighted by molar-refractivity contribution is 6.30. The quantitative estimate of drug-likeness (QED) is 0.840. The van der Waals surface area contributed by atoms with E-state index < -0.39 is 0 Å². The van der Waals surface area contributed by atoms with Crippen LogP contribution in [0.25, 0.3) is 0 Å². The standard InChI is InChI=1S/C13H19ClN2O/c14-11-4-3-6-13(10-11)16-8-2-1-5-12(16)7-9-17-15/h3-4,6,10,12H,1-2,5,7-9,15H2. The van der Waals surface area contributed by atoms with Crippen molar-refractivity contribution in [2.45, 2.75) is 31.7 Å². The van der Waals surface area contributed by atoms with Crippen LogP contribution in [-0.4, -0.2) is 19.2 Å². The maximum atomic E-state index is 6.04. The number of rotatable bonds is 4. The molecule has 2 rings (SSSR count). The molecule has 94 valence electrons. The third-order valence-electron chi connectivity index (χ3n) is 3.34. The van der Waals surface area contributed by atoms with E-state index in [1.54, 1.807) is 0 Å². The molecule has 2 N–H and O–H groups in total. The van der Waals surface area contributed by atoms with Crippen LogP contribution in [0.2, 0.25) is 5.02 Å². The molecule has 1 aromatic rings. The summed E-state index contributed by atoms with van der Waals surface area (Å²) >= 11 is 6.04. The first-order valence-electron chi connectivity index (χ1n) is 6.15. The van der Waals surface area contributed by atoms with Crippen LogP contribution in [0.3, 0.4) is 0 Å². The first-order valence-corrected chi connectivity index (χ1v) is 6.53. The number of anilines is 1. The van der Waals surface area contributed by atoms with E-state index in [1.165, 1.54) is 24.9 Å². The Hall–Kier alpha value is -0.770. The fourth-order valence-electron chi connectivity index (χ4n) is 2.50. The smallest absolute Gasteiger partial charge is 0.0698 e. The molecule has 1 saturated heterocycles. The average molecular weight is 255 g/mol. The van der Waals surface area contributed by atoms with Crippen LogP contribution in [0.4, 0.5) is 5.69 Å². The van der Waals surface area contributed by atoms with Crippen molar-refractivity contribution in [3.8, 4) is 0 Å². The largest absolute Gasteiger partial charge is 0.368 e. The maximum Gasteiger partial charge on any atom is 0.0698 e. The van der Waals surface area contributed by atoms with Crippen LogP contribution in [0.5, 0.6) is 0 Å².